The molecule has 4 rings (SSSR count). The molecule has 7 heteroatoms. The monoisotopic (exact) mass is 477 g/mol. The number of hydrogen-bond donors (Lipinski definition) is 0. The summed E-state index contributed by atoms with van der Waals surface area (Å²) in [6.07, 6.45) is 3.29. The maximum atomic E-state index is 5.70. The highest BCUT2D eigenvalue weighted by Crippen LogP contribution is 2.30. The Kier molecular flexibility index (Phi) is 8.95. The van der Waals surface area contributed by atoms with Crippen LogP contribution in [0.1, 0.15) is 43.0 Å². The summed E-state index contributed by atoms with van der Waals surface area (Å²) in [6, 6.07) is 20.8. The van der Waals surface area contributed by atoms with Crippen molar-refractivity contribution in [2.75, 3.05) is 27.6 Å². The lowest BCUT2D eigenvalue weighted by atomic mass is 10.2. The number of nitrogens with zero attached hydrogens (tertiary/aromatic N) is 3. The summed E-state index contributed by atoms with van der Waals surface area (Å²) in [4.78, 5) is 7.43. The van der Waals surface area contributed by atoms with Gasteiger partial charge >= 0.3 is 0 Å². The van der Waals surface area contributed by atoms with Crippen molar-refractivity contribution in [2.24, 2.45) is 0 Å². The molecular weight excluding hydrogens is 442 g/mol. The van der Waals surface area contributed by atoms with E-state index in [0.717, 1.165) is 54.5 Å². The van der Waals surface area contributed by atoms with E-state index in [1.165, 1.54) is 5.56 Å². The zero-order chi connectivity index (χ0) is 24.5. The summed E-state index contributed by atoms with van der Waals surface area (Å²) in [5.74, 6) is 1.75. The third kappa shape index (κ3) is 6.31. The van der Waals surface area contributed by atoms with Crippen molar-refractivity contribution in [1.29, 1.82) is 0 Å². The molecule has 0 saturated carbocycles. The minimum atomic E-state index is -0.556. The molecule has 0 fully saturated rings. The van der Waals surface area contributed by atoms with Gasteiger partial charge in [-0.2, -0.15) is 0 Å². The van der Waals surface area contributed by atoms with Crippen LogP contribution in [0.25, 0.3) is 11.4 Å². The first-order chi connectivity index (χ1) is 17.2. The summed E-state index contributed by atoms with van der Waals surface area (Å²) >= 11 is 0. The van der Waals surface area contributed by atoms with Crippen LogP contribution in [0, 0.1) is 0 Å². The van der Waals surface area contributed by atoms with E-state index in [9.17, 15) is 0 Å². The van der Waals surface area contributed by atoms with Gasteiger partial charge in [-0.25, -0.2) is 4.98 Å². The molecule has 0 radical (unpaired) electrons. The number of ether oxygens (including phenoxy) is 4. The summed E-state index contributed by atoms with van der Waals surface area (Å²) in [5, 5.41) is 0. The minimum absolute atomic E-state index is 0.266. The molecule has 0 bridgehead atoms. The Hall–Kier alpha value is -3.13. The maximum Gasteiger partial charge on any atom is 0.229 e. The van der Waals surface area contributed by atoms with Crippen molar-refractivity contribution in [1.82, 2.24) is 14.5 Å². The molecule has 7 nitrogen and oxygen atoms in total. The molecule has 0 unspecified atom stereocenters. The first-order valence-corrected chi connectivity index (χ1v) is 12.1. The predicted molar refractivity (Wildman–Crippen MR) is 135 cm³/mol. The molecule has 0 aliphatic carbocycles. The van der Waals surface area contributed by atoms with Gasteiger partial charge in [0.05, 0.1) is 12.2 Å². The lowest BCUT2D eigenvalue weighted by Gasteiger charge is -2.25. The summed E-state index contributed by atoms with van der Waals surface area (Å²) < 4.78 is 24.7. The smallest absolute Gasteiger partial charge is 0.229 e. The summed E-state index contributed by atoms with van der Waals surface area (Å²) in [7, 11) is 3.31. The quantitative estimate of drug-likeness (QED) is 0.304. The van der Waals surface area contributed by atoms with E-state index in [-0.39, 0.29) is 6.79 Å². The highest BCUT2D eigenvalue weighted by atomic mass is 16.7. The number of hydrogen-bond acceptors (Lipinski definition) is 6. The van der Waals surface area contributed by atoms with E-state index in [2.05, 4.69) is 52.8 Å². The van der Waals surface area contributed by atoms with Crippen LogP contribution in [0.15, 0.2) is 72.7 Å². The molecule has 0 N–H and O–H groups in total. The molecule has 2 heterocycles. The van der Waals surface area contributed by atoms with Crippen LogP contribution in [0.2, 0.25) is 0 Å². The van der Waals surface area contributed by atoms with E-state index >= 15 is 0 Å². The van der Waals surface area contributed by atoms with Gasteiger partial charge in [0, 0.05) is 39.4 Å². The Balaban J connectivity index is 1.76. The molecule has 186 valence electrons. The van der Waals surface area contributed by atoms with Gasteiger partial charge in [0.25, 0.3) is 0 Å². The third-order valence-electron chi connectivity index (χ3n) is 6.05. The van der Waals surface area contributed by atoms with Crippen molar-refractivity contribution in [2.45, 2.75) is 45.7 Å². The van der Waals surface area contributed by atoms with E-state index in [4.69, 9.17) is 23.9 Å². The van der Waals surface area contributed by atoms with Crippen LogP contribution >= 0.6 is 0 Å². The van der Waals surface area contributed by atoms with Crippen LogP contribution < -0.4 is 0 Å². The highest BCUT2D eigenvalue weighted by molar-refractivity contribution is 5.57. The number of methoxy groups -OCH3 is 2. The third-order valence-corrected chi connectivity index (χ3v) is 6.05. The van der Waals surface area contributed by atoms with Gasteiger partial charge in [-0.05, 0) is 12.0 Å². The SMILES string of the molecule is CCCCn1c(-c2ccccc2)nc(C(OC)OC)c1CN(CC1=COCO1)Cc1ccccc1. The summed E-state index contributed by atoms with van der Waals surface area (Å²) in [6.45, 7) is 5.37. The zero-order valence-electron chi connectivity index (χ0n) is 20.9. The minimum Gasteiger partial charge on any atom is -0.462 e. The Labute approximate surface area is 207 Å². The Morgan fingerprint density at radius 3 is 2.31 bits per heavy atom. The summed E-state index contributed by atoms with van der Waals surface area (Å²) in [5.41, 5.74) is 4.19. The topological polar surface area (TPSA) is 58.0 Å². The van der Waals surface area contributed by atoms with Crippen molar-refractivity contribution >= 4 is 0 Å². The van der Waals surface area contributed by atoms with Gasteiger partial charge in [-0.1, -0.05) is 74.0 Å². The van der Waals surface area contributed by atoms with Crippen molar-refractivity contribution in [3.8, 4) is 11.4 Å². The highest BCUT2D eigenvalue weighted by Gasteiger charge is 2.27. The lowest BCUT2D eigenvalue weighted by Crippen LogP contribution is -2.28. The van der Waals surface area contributed by atoms with Gasteiger partial charge in [0.1, 0.15) is 23.5 Å². The molecule has 0 atom stereocenters. The molecular formula is C28H35N3O4. The number of aromatic nitrogens is 2. The van der Waals surface area contributed by atoms with Crippen molar-refractivity contribution in [3.05, 3.63) is 89.6 Å². The number of rotatable bonds is 13. The van der Waals surface area contributed by atoms with Crippen molar-refractivity contribution < 1.29 is 18.9 Å². The lowest BCUT2D eigenvalue weighted by molar-refractivity contribution is -0.109. The van der Waals surface area contributed by atoms with Gasteiger partial charge in [0.15, 0.2) is 0 Å². The molecule has 1 aliphatic rings. The first kappa shape index (κ1) is 25.0. The predicted octanol–water partition coefficient (Wildman–Crippen LogP) is 5.49. The molecule has 1 aliphatic heterocycles. The van der Waals surface area contributed by atoms with Crippen LogP contribution in [-0.4, -0.2) is 42.0 Å². The van der Waals surface area contributed by atoms with Gasteiger partial charge in [-0.3, -0.25) is 4.90 Å². The molecule has 0 amide bonds. The van der Waals surface area contributed by atoms with Crippen LogP contribution in [0.3, 0.4) is 0 Å². The first-order valence-electron chi connectivity index (χ1n) is 12.1. The van der Waals surface area contributed by atoms with E-state index in [0.29, 0.717) is 13.1 Å². The second kappa shape index (κ2) is 12.5. The second-order valence-corrected chi connectivity index (χ2v) is 8.59. The molecule has 1 aromatic heterocycles. The normalized spacial score (nSPS) is 13.2. The van der Waals surface area contributed by atoms with E-state index in [1.807, 2.05) is 24.3 Å². The maximum absolute atomic E-state index is 5.70. The number of unbranched alkanes of at least 4 members (excludes halogenated alkanes) is 1. The van der Waals surface area contributed by atoms with E-state index < -0.39 is 6.29 Å². The fourth-order valence-electron chi connectivity index (χ4n) is 4.34. The van der Waals surface area contributed by atoms with Crippen LogP contribution in [0.5, 0.6) is 0 Å². The fraction of sp³-hybridized carbons (Fsp3) is 0.393. The molecule has 35 heavy (non-hydrogen) atoms. The Morgan fingerprint density at radius 2 is 1.69 bits per heavy atom. The number of imidazole rings is 1. The van der Waals surface area contributed by atoms with Gasteiger partial charge in [-0.15, -0.1) is 0 Å². The molecule has 0 spiro atoms. The standard InChI is InChI=1S/C28H35N3O4/c1-4-5-16-31-25(26(28(32-2)33-3)29-27(31)23-14-10-7-11-15-23)19-30(18-24-20-34-21-35-24)17-22-12-8-6-9-13-22/h6-15,20,28H,4-5,16-19,21H2,1-3H3. The Bertz CT molecular complexity index is 1080. The second-order valence-electron chi connectivity index (χ2n) is 8.59. The Morgan fingerprint density at radius 1 is 0.971 bits per heavy atom. The number of benzene rings is 2. The molecule has 2 aromatic carbocycles. The van der Waals surface area contributed by atoms with Crippen molar-refractivity contribution in [3.63, 3.8) is 0 Å². The van der Waals surface area contributed by atoms with Crippen LogP contribution in [-0.2, 0) is 38.6 Å². The zero-order valence-corrected chi connectivity index (χ0v) is 20.9. The average molecular weight is 478 g/mol. The van der Waals surface area contributed by atoms with Gasteiger partial charge in [0.2, 0.25) is 13.1 Å². The largest absolute Gasteiger partial charge is 0.462 e. The molecule has 3 aromatic rings. The van der Waals surface area contributed by atoms with Crippen LogP contribution in [0.4, 0.5) is 0 Å². The van der Waals surface area contributed by atoms with E-state index in [1.54, 1.807) is 20.5 Å². The fourth-order valence-corrected chi connectivity index (χ4v) is 4.34. The molecule has 0 saturated heterocycles. The van der Waals surface area contributed by atoms with Gasteiger partial charge < -0.3 is 23.5 Å². The average Bonchev–Trinajstić information content (AvgIpc) is 3.53.